The van der Waals surface area contributed by atoms with Crippen LogP contribution in [-0.2, 0) is 16.0 Å². The molecule has 0 radical (unpaired) electrons. The second-order valence-electron chi connectivity index (χ2n) is 6.29. The summed E-state index contributed by atoms with van der Waals surface area (Å²) in [6.45, 7) is 0. The van der Waals surface area contributed by atoms with Gasteiger partial charge in [-0.05, 0) is 30.2 Å². The first-order valence-electron chi connectivity index (χ1n) is 8.27. The largest absolute Gasteiger partial charge is 0.321 e. The zero-order valence-electron chi connectivity index (χ0n) is 13.8. The molecule has 1 aliphatic heterocycles. The number of imide groups is 1. The van der Waals surface area contributed by atoms with Crippen molar-refractivity contribution in [3.8, 4) is 0 Å². The van der Waals surface area contributed by atoms with Crippen molar-refractivity contribution in [2.45, 2.75) is 12.8 Å². The first-order valence-corrected chi connectivity index (χ1v) is 8.27. The number of fused-ring (bicyclic) bond motifs is 1. The van der Waals surface area contributed by atoms with Gasteiger partial charge in [0.2, 0.25) is 11.8 Å². The Morgan fingerprint density at radius 1 is 1.12 bits per heavy atom. The van der Waals surface area contributed by atoms with Crippen LogP contribution < -0.4 is 10.6 Å². The van der Waals surface area contributed by atoms with E-state index in [1.165, 1.54) is 0 Å². The van der Waals surface area contributed by atoms with Crippen LogP contribution in [0.5, 0.6) is 0 Å². The van der Waals surface area contributed by atoms with Crippen LogP contribution in [0.3, 0.4) is 0 Å². The van der Waals surface area contributed by atoms with Crippen molar-refractivity contribution in [3.63, 3.8) is 0 Å². The van der Waals surface area contributed by atoms with E-state index in [1.54, 1.807) is 12.1 Å². The molecule has 0 bridgehead atoms. The van der Waals surface area contributed by atoms with Gasteiger partial charge in [0, 0.05) is 17.5 Å². The molecule has 1 aromatic heterocycles. The van der Waals surface area contributed by atoms with Crippen molar-refractivity contribution in [1.29, 1.82) is 0 Å². The van der Waals surface area contributed by atoms with Gasteiger partial charge in [-0.25, -0.2) is 0 Å². The van der Waals surface area contributed by atoms with Crippen molar-refractivity contribution in [2.24, 2.45) is 5.92 Å². The highest BCUT2D eigenvalue weighted by molar-refractivity contribution is 6.11. The van der Waals surface area contributed by atoms with E-state index >= 15 is 0 Å². The van der Waals surface area contributed by atoms with E-state index in [4.69, 9.17) is 0 Å². The van der Waals surface area contributed by atoms with E-state index in [0.29, 0.717) is 17.8 Å². The van der Waals surface area contributed by atoms with Crippen LogP contribution in [-0.4, -0.2) is 27.9 Å². The molecule has 0 unspecified atom stereocenters. The number of H-pyrrole nitrogens is 1. The predicted octanol–water partition coefficient (Wildman–Crippen LogP) is 2.02. The molecule has 1 atom stereocenters. The SMILES string of the molecule is O=C1C[C@@H](Cc2ccc(NC(=O)c3n[nH]c4ccccc34)cc2)C(=O)N1. The summed E-state index contributed by atoms with van der Waals surface area (Å²) in [6, 6.07) is 14.7. The van der Waals surface area contributed by atoms with Gasteiger partial charge in [0.05, 0.1) is 11.4 Å². The summed E-state index contributed by atoms with van der Waals surface area (Å²) in [5.41, 5.74) is 2.71. The Balaban J connectivity index is 1.45. The van der Waals surface area contributed by atoms with Crippen LogP contribution >= 0.6 is 0 Å². The van der Waals surface area contributed by atoms with Gasteiger partial charge >= 0.3 is 0 Å². The number of aromatic amines is 1. The molecule has 3 aromatic rings. The maximum atomic E-state index is 12.4. The third-order valence-electron chi connectivity index (χ3n) is 4.44. The summed E-state index contributed by atoms with van der Waals surface area (Å²) in [5.74, 6) is -1.07. The predicted molar refractivity (Wildman–Crippen MR) is 95.4 cm³/mol. The highest BCUT2D eigenvalue weighted by Crippen LogP contribution is 2.20. The number of para-hydroxylation sites is 1. The van der Waals surface area contributed by atoms with E-state index in [-0.39, 0.29) is 30.1 Å². The number of anilines is 1. The fourth-order valence-corrected chi connectivity index (χ4v) is 3.11. The molecule has 1 saturated heterocycles. The Labute approximate surface area is 148 Å². The molecule has 2 aromatic carbocycles. The van der Waals surface area contributed by atoms with E-state index < -0.39 is 0 Å². The maximum Gasteiger partial charge on any atom is 0.276 e. The number of aromatic nitrogens is 2. The van der Waals surface area contributed by atoms with Crippen molar-refractivity contribution in [3.05, 3.63) is 59.8 Å². The summed E-state index contributed by atoms with van der Waals surface area (Å²) < 4.78 is 0. The van der Waals surface area contributed by atoms with Gasteiger partial charge < -0.3 is 5.32 Å². The molecule has 0 spiro atoms. The minimum absolute atomic E-state index is 0.224. The summed E-state index contributed by atoms with van der Waals surface area (Å²) in [5, 5.41) is 12.8. The lowest BCUT2D eigenvalue weighted by atomic mass is 9.98. The first kappa shape index (κ1) is 16.0. The number of nitrogens with one attached hydrogen (secondary N) is 3. The molecular formula is C19H16N4O3. The van der Waals surface area contributed by atoms with E-state index in [2.05, 4.69) is 20.8 Å². The average Bonchev–Trinajstić information content (AvgIpc) is 3.19. The topological polar surface area (TPSA) is 104 Å². The molecule has 26 heavy (non-hydrogen) atoms. The van der Waals surface area contributed by atoms with Gasteiger partial charge in [-0.2, -0.15) is 5.10 Å². The van der Waals surface area contributed by atoms with Gasteiger partial charge in [-0.15, -0.1) is 0 Å². The van der Waals surface area contributed by atoms with Gasteiger partial charge in [0.1, 0.15) is 0 Å². The molecule has 1 fully saturated rings. The van der Waals surface area contributed by atoms with E-state index in [9.17, 15) is 14.4 Å². The summed E-state index contributed by atoms with van der Waals surface area (Å²) in [7, 11) is 0. The highest BCUT2D eigenvalue weighted by Gasteiger charge is 2.30. The Morgan fingerprint density at radius 2 is 1.88 bits per heavy atom. The minimum Gasteiger partial charge on any atom is -0.321 e. The minimum atomic E-state index is -0.321. The summed E-state index contributed by atoms with van der Waals surface area (Å²) in [6.07, 6.45) is 0.722. The van der Waals surface area contributed by atoms with Gasteiger partial charge in [-0.1, -0.05) is 30.3 Å². The van der Waals surface area contributed by atoms with Crippen LogP contribution in [0.25, 0.3) is 10.9 Å². The zero-order chi connectivity index (χ0) is 18.1. The van der Waals surface area contributed by atoms with Crippen LogP contribution in [0.15, 0.2) is 48.5 Å². The molecule has 0 saturated carbocycles. The lowest BCUT2D eigenvalue weighted by Crippen LogP contribution is -2.22. The number of nitrogens with zero attached hydrogens (tertiary/aromatic N) is 1. The summed E-state index contributed by atoms with van der Waals surface area (Å²) >= 11 is 0. The average molecular weight is 348 g/mol. The monoisotopic (exact) mass is 348 g/mol. The third kappa shape index (κ3) is 3.06. The van der Waals surface area contributed by atoms with Crippen LogP contribution in [0.4, 0.5) is 5.69 Å². The summed E-state index contributed by atoms with van der Waals surface area (Å²) in [4.78, 5) is 35.3. The van der Waals surface area contributed by atoms with Gasteiger partial charge in [0.15, 0.2) is 5.69 Å². The molecular weight excluding hydrogens is 332 g/mol. The van der Waals surface area contributed by atoms with Gasteiger partial charge in [0.25, 0.3) is 5.91 Å². The van der Waals surface area contributed by atoms with Crippen LogP contribution in [0.2, 0.25) is 0 Å². The van der Waals surface area contributed by atoms with Crippen LogP contribution in [0, 0.1) is 5.92 Å². The Morgan fingerprint density at radius 3 is 2.62 bits per heavy atom. The number of amides is 3. The lowest BCUT2D eigenvalue weighted by Gasteiger charge is -2.08. The standard InChI is InChI=1S/C19H16N4O3/c24-16-10-12(18(25)21-16)9-11-5-7-13(8-6-11)20-19(26)17-14-3-1-2-4-15(14)22-23-17/h1-8,12H,9-10H2,(H,20,26)(H,22,23)(H,21,24,25)/t12-/m1/s1. The van der Waals surface area contributed by atoms with Gasteiger partial charge in [-0.3, -0.25) is 24.8 Å². The number of benzene rings is 2. The first-order chi connectivity index (χ1) is 12.6. The lowest BCUT2D eigenvalue weighted by molar-refractivity contribution is -0.125. The smallest absolute Gasteiger partial charge is 0.276 e. The molecule has 1 aliphatic rings. The fraction of sp³-hybridized carbons (Fsp3) is 0.158. The Kier molecular flexibility index (Phi) is 3.96. The van der Waals surface area contributed by atoms with Crippen LogP contribution in [0.1, 0.15) is 22.5 Å². The molecule has 7 heteroatoms. The second kappa shape index (κ2) is 6.44. The molecule has 7 nitrogen and oxygen atoms in total. The molecule has 0 aliphatic carbocycles. The highest BCUT2D eigenvalue weighted by atomic mass is 16.2. The molecule has 3 N–H and O–H groups in total. The normalized spacial score (nSPS) is 16.7. The molecule has 3 amide bonds. The maximum absolute atomic E-state index is 12.4. The zero-order valence-corrected chi connectivity index (χ0v) is 13.8. The second-order valence-corrected chi connectivity index (χ2v) is 6.29. The number of carbonyl (C=O) groups excluding carboxylic acids is 3. The van der Waals surface area contributed by atoms with Crippen molar-refractivity contribution >= 4 is 34.3 Å². The van der Waals surface area contributed by atoms with E-state index in [0.717, 1.165) is 16.5 Å². The number of hydrogen-bond donors (Lipinski definition) is 3. The molecule has 4 rings (SSSR count). The number of rotatable bonds is 4. The van der Waals surface area contributed by atoms with Crippen molar-refractivity contribution < 1.29 is 14.4 Å². The number of carbonyl (C=O) groups is 3. The Hall–Kier alpha value is -3.48. The van der Waals surface area contributed by atoms with Crippen molar-refractivity contribution in [2.75, 3.05) is 5.32 Å². The fourth-order valence-electron chi connectivity index (χ4n) is 3.11. The molecule has 130 valence electrons. The third-order valence-corrected chi connectivity index (χ3v) is 4.44. The quantitative estimate of drug-likeness (QED) is 0.628. The molecule has 2 heterocycles. The number of hydrogen-bond acceptors (Lipinski definition) is 4. The van der Waals surface area contributed by atoms with Crippen molar-refractivity contribution in [1.82, 2.24) is 15.5 Å². The Bertz CT molecular complexity index is 1010. The van der Waals surface area contributed by atoms with E-state index in [1.807, 2.05) is 36.4 Å².